The van der Waals surface area contributed by atoms with E-state index in [2.05, 4.69) is 29.8 Å². The lowest BCUT2D eigenvalue weighted by atomic mass is 10.2. The van der Waals surface area contributed by atoms with Gasteiger partial charge in [0.15, 0.2) is 0 Å². The molecule has 0 aromatic carbocycles. The number of halogens is 1. The van der Waals surface area contributed by atoms with Gasteiger partial charge in [-0.15, -0.1) is 11.3 Å². The predicted octanol–water partition coefficient (Wildman–Crippen LogP) is 3.20. The Morgan fingerprint density at radius 1 is 1.69 bits per heavy atom. The molecule has 1 heterocycles. The van der Waals surface area contributed by atoms with Crippen LogP contribution in [0, 0.1) is 0 Å². The van der Waals surface area contributed by atoms with Crippen molar-refractivity contribution < 1.29 is 9.90 Å². The molecule has 0 saturated heterocycles. The van der Waals surface area contributed by atoms with Crippen LogP contribution in [-0.2, 0) is 11.3 Å². The monoisotopic (exact) mass is 305 g/mol. The van der Waals surface area contributed by atoms with E-state index in [9.17, 15) is 4.79 Å². The maximum absolute atomic E-state index is 10.8. The Labute approximate surface area is 108 Å². The minimum Gasteiger partial charge on any atom is -0.480 e. The van der Waals surface area contributed by atoms with Gasteiger partial charge in [0.1, 0.15) is 0 Å². The normalized spacial score (nSPS) is 13.0. The molecule has 1 aromatic rings. The van der Waals surface area contributed by atoms with Gasteiger partial charge >= 0.3 is 5.97 Å². The van der Waals surface area contributed by atoms with Gasteiger partial charge in [-0.3, -0.25) is 9.69 Å². The van der Waals surface area contributed by atoms with Crippen molar-refractivity contribution >= 4 is 33.2 Å². The molecule has 1 aromatic heterocycles. The average molecular weight is 306 g/mol. The fourth-order valence-corrected chi connectivity index (χ4v) is 2.91. The third-order valence-electron chi connectivity index (χ3n) is 2.53. The van der Waals surface area contributed by atoms with Crippen molar-refractivity contribution in [2.75, 3.05) is 6.54 Å². The van der Waals surface area contributed by atoms with Crippen LogP contribution >= 0.6 is 27.3 Å². The molecule has 90 valence electrons. The van der Waals surface area contributed by atoms with Gasteiger partial charge in [-0.05, 0) is 35.3 Å². The van der Waals surface area contributed by atoms with Crippen molar-refractivity contribution in [1.82, 2.24) is 4.90 Å². The van der Waals surface area contributed by atoms with E-state index < -0.39 is 5.97 Å². The zero-order valence-electron chi connectivity index (χ0n) is 9.44. The number of hydrogen-bond acceptors (Lipinski definition) is 3. The summed E-state index contributed by atoms with van der Waals surface area (Å²) in [4.78, 5) is 14.0. The van der Waals surface area contributed by atoms with Gasteiger partial charge in [0.25, 0.3) is 0 Å². The maximum Gasteiger partial charge on any atom is 0.317 e. The fourth-order valence-electron chi connectivity index (χ4n) is 1.44. The fraction of sp³-hybridized carbons (Fsp3) is 0.545. The van der Waals surface area contributed by atoms with Gasteiger partial charge < -0.3 is 5.11 Å². The minimum atomic E-state index is -0.768. The summed E-state index contributed by atoms with van der Waals surface area (Å²) in [6, 6.07) is 2.33. The molecule has 0 amide bonds. The summed E-state index contributed by atoms with van der Waals surface area (Å²) in [5.41, 5.74) is 0. The highest BCUT2D eigenvalue weighted by Crippen LogP contribution is 2.22. The lowest BCUT2D eigenvalue weighted by molar-refractivity contribution is -0.139. The molecule has 0 spiro atoms. The summed E-state index contributed by atoms with van der Waals surface area (Å²) in [5, 5.41) is 10.9. The predicted molar refractivity (Wildman–Crippen MR) is 69.8 cm³/mol. The SMILES string of the molecule is CCC(C)N(CC(=O)O)Cc1cc(Br)cs1. The molecule has 0 aliphatic rings. The lowest BCUT2D eigenvalue weighted by Crippen LogP contribution is -2.36. The molecule has 0 bridgehead atoms. The number of carboxylic acid groups (broad SMARTS) is 1. The number of aliphatic carboxylic acids is 1. The minimum absolute atomic E-state index is 0.102. The third-order valence-corrected chi connectivity index (χ3v) is 4.22. The number of rotatable bonds is 6. The number of carbonyl (C=O) groups is 1. The first-order valence-electron chi connectivity index (χ1n) is 5.21. The first kappa shape index (κ1) is 13.7. The summed E-state index contributed by atoms with van der Waals surface area (Å²) in [7, 11) is 0. The highest BCUT2D eigenvalue weighted by molar-refractivity contribution is 9.10. The molecular weight excluding hydrogens is 290 g/mol. The highest BCUT2D eigenvalue weighted by atomic mass is 79.9. The van der Waals surface area contributed by atoms with Crippen molar-refractivity contribution in [2.45, 2.75) is 32.9 Å². The summed E-state index contributed by atoms with van der Waals surface area (Å²) in [6.07, 6.45) is 0.958. The van der Waals surface area contributed by atoms with E-state index >= 15 is 0 Å². The van der Waals surface area contributed by atoms with Crippen molar-refractivity contribution in [1.29, 1.82) is 0 Å². The van der Waals surface area contributed by atoms with Gasteiger partial charge in [-0.25, -0.2) is 0 Å². The van der Waals surface area contributed by atoms with Crippen molar-refractivity contribution in [2.24, 2.45) is 0 Å². The molecule has 1 unspecified atom stereocenters. The van der Waals surface area contributed by atoms with Crippen molar-refractivity contribution in [3.63, 3.8) is 0 Å². The molecule has 0 saturated carbocycles. The zero-order valence-corrected chi connectivity index (χ0v) is 11.8. The standard InChI is InChI=1S/C11H16BrNO2S/c1-3-8(2)13(6-11(14)15)5-10-4-9(12)7-16-10/h4,7-8H,3,5-6H2,1-2H3,(H,14,15). The van der Waals surface area contributed by atoms with Crippen molar-refractivity contribution in [3.05, 3.63) is 20.8 Å². The van der Waals surface area contributed by atoms with Crippen LogP contribution in [0.5, 0.6) is 0 Å². The highest BCUT2D eigenvalue weighted by Gasteiger charge is 2.16. The third kappa shape index (κ3) is 4.23. The maximum atomic E-state index is 10.8. The topological polar surface area (TPSA) is 40.5 Å². The number of nitrogens with zero attached hydrogens (tertiary/aromatic N) is 1. The summed E-state index contributed by atoms with van der Waals surface area (Å²) < 4.78 is 1.06. The molecular formula is C11H16BrNO2S. The summed E-state index contributed by atoms with van der Waals surface area (Å²) in [5.74, 6) is -0.768. The number of carboxylic acids is 1. The van der Waals surface area contributed by atoms with Crippen LogP contribution in [0.3, 0.4) is 0 Å². The Morgan fingerprint density at radius 3 is 2.81 bits per heavy atom. The number of thiophene rings is 1. The van der Waals surface area contributed by atoms with Crippen molar-refractivity contribution in [3.8, 4) is 0 Å². The van der Waals surface area contributed by atoms with E-state index in [1.54, 1.807) is 11.3 Å². The Kier molecular flexibility index (Phi) is 5.44. The van der Waals surface area contributed by atoms with Crippen LogP contribution in [-0.4, -0.2) is 28.6 Å². The molecule has 5 heteroatoms. The smallest absolute Gasteiger partial charge is 0.317 e. The van der Waals surface area contributed by atoms with E-state index in [1.165, 1.54) is 4.88 Å². The molecule has 16 heavy (non-hydrogen) atoms. The van der Waals surface area contributed by atoms with Crippen LogP contribution in [0.25, 0.3) is 0 Å². The second-order valence-electron chi connectivity index (χ2n) is 3.79. The van der Waals surface area contributed by atoms with Crippen LogP contribution < -0.4 is 0 Å². The Balaban J connectivity index is 2.66. The van der Waals surface area contributed by atoms with Crippen LogP contribution in [0.2, 0.25) is 0 Å². The Morgan fingerprint density at radius 2 is 2.38 bits per heavy atom. The first-order valence-corrected chi connectivity index (χ1v) is 6.89. The Bertz CT molecular complexity index is 354. The first-order chi connectivity index (χ1) is 7.52. The lowest BCUT2D eigenvalue weighted by Gasteiger charge is -2.25. The second-order valence-corrected chi connectivity index (χ2v) is 5.70. The van der Waals surface area contributed by atoms with Gasteiger partial charge in [0.2, 0.25) is 0 Å². The zero-order chi connectivity index (χ0) is 12.1. The molecule has 1 rings (SSSR count). The number of hydrogen-bond donors (Lipinski definition) is 1. The van der Waals surface area contributed by atoms with E-state index in [-0.39, 0.29) is 12.6 Å². The van der Waals surface area contributed by atoms with E-state index in [0.717, 1.165) is 10.9 Å². The van der Waals surface area contributed by atoms with Gasteiger partial charge in [-0.2, -0.15) is 0 Å². The Hall–Kier alpha value is -0.390. The molecule has 1 N–H and O–H groups in total. The quantitative estimate of drug-likeness (QED) is 0.877. The molecule has 0 fully saturated rings. The van der Waals surface area contributed by atoms with Gasteiger partial charge in [0.05, 0.1) is 6.54 Å². The summed E-state index contributed by atoms with van der Waals surface area (Å²) in [6.45, 7) is 4.94. The van der Waals surface area contributed by atoms with E-state index in [4.69, 9.17) is 5.11 Å². The van der Waals surface area contributed by atoms with Gasteiger partial charge in [-0.1, -0.05) is 6.92 Å². The summed E-state index contributed by atoms with van der Waals surface area (Å²) >= 11 is 5.05. The molecule has 0 aliphatic heterocycles. The molecule has 0 radical (unpaired) electrons. The van der Waals surface area contributed by atoms with Gasteiger partial charge in [0, 0.05) is 27.3 Å². The molecule has 3 nitrogen and oxygen atoms in total. The molecule has 0 aliphatic carbocycles. The average Bonchev–Trinajstić information content (AvgIpc) is 2.61. The van der Waals surface area contributed by atoms with E-state index in [1.807, 2.05) is 16.3 Å². The molecule has 1 atom stereocenters. The van der Waals surface area contributed by atoms with Crippen LogP contribution in [0.15, 0.2) is 15.9 Å². The van der Waals surface area contributed by atoms with Crippen LogP contribution in [0.4, 0.5) is 0 Å². The van der Waals surface area contributed by atoms with Crippen LogP contribution in [0.1, 0.15) is 25.1 Å². The second kappa shape index (κ2) is 6.37. The van der Waals surface area contributed by atoms with E-state index in [0.29, 0.717) is 6.54 Å². The largest absolute Gasteiger partial charge is 0.480 e.